The molecular formula is C24H19Cl2FN4O4. The van der Waals surface area contributed by atoms with Crippen LogP contribution in [0.2, 0.25) is 10.0 Å². The van der Waals surface area contributed by atoms with Crippen LogP contribution in [0, 0.1) is 22.9 Å². The molecule has 4 aromatic rings. The molecule has 0 atom stereocenters. The lowest BCUT2D eigenvalue weighted by Crippen LogP contribution is -2.25. The zero-order valence-corrected chi connectivity index (χ0v) is 20.6. The lowest BCUT2D eigenvalue weighted by Gasteiger charge is -2.19. The molecule has 8 nitrogen and oxygen atoms in total. The summed E-state index contributed by atoms with van der Waals surface area (Å²) in [6, 6.07) is 7.24. The molecule has 3 heterocycles. The van der Waals surface area contributed by atoms with Gasteiger partial charge in [-0.3, -0.25) is 24.5 Å². The fraction of sp³-hybridized carbons (Fsp3) is 0.208. The van der Waals surface area contributed by atoms with E-state index in [1.165, 1.54) is 25.3 Å². The van der Waals surface area contributed by atoms with Gasteiger partial charge in [0.05, 0.1) is 39.7 Å². The van der Waals surface area contributed by atoms with Gasteiger partial charge in [-0.2, -0.15) is 0 Å². The predicted molar refractivity (Wildman–Crippen MR) is 133 cm³/mol. The number of benzene rings is 1. The number of rotatable bonds is 5. The molecule has 11 heteroatoms. The molecule has 3 aromatic heterocycles. The molecule has 0 saturated carbocycles. The summed E-state index contributed by atoms with van der Waals surface area (Å²) >= 11 is 12.8. The third-order valence-corrected chi connectivity index (χ3v) is 6.23. The summed E-state index contributed by atoms with van der Waals surface area (Å²) in [7, 11) is 1.37. The van der Waals surface area contributed by atoms with Crippen LogP contribution in [-0.2, 0) is 0 Å². The third-order valence-electron chi connectivity index (χ3n) is 5.56. The van der Waals surface area contributed by atoms with Crippen molar-refractivity contribution in [2.75, 3.05) is 7.11 Å². The Bertz CT molecular complexity index is 1570. The Balaban J connectivity index is 2.27. The van der Waals surface area contributed by atoms with Crippen molar-refractivity contribution in [1.29, 1.82) is 0 Å². The summed E-state index contributed by atoms with van der Waals surface area (Å²) in [5, 5.41) is 11.5. The Morgan fingerprint density at radius 3 is 2.57 bits per heavy atom. The number of ether oxygens (including phenoxy) is 1. The number of pyridine rings is 3. The second-order valence-corrected chi connectivity index (χ2v) is 8.87. The first-order valence-electron chi connectivity index (χ1n) is 10.5. The second-order valence-electron chi connectivity index (χ2n) is 8.08. The van der Waals surface area contributed by atoms with Gasteiger partial charge in [0, 0.05) is 11.6 Å². The molecule has 1 aromatic carbocycles. The van der Waals surface area contributed by atoms with Gasteiger partial charge < -0.3 is 4.74 Å². The topological polar surface area (TPSA) is 100 Å². The number of hydrogen-bond acceptors (Lipinski definition) is 6. The van der Waals surface area contributed by atoms with E-state index in [-0.39, 0.29) is 39.0 Å². The molecule has 0 bridgehead atoms. The molecule has 0 aliphatic heterocycles. The Labute approximate surface area is 209 Å². The van der Waals surface area contributed by atoms with Gasteiger partial charge in [-0.25, -0.2) is 9.37 Å². The third kappa shape index (κ3) is 4.00. The molecule has 4 rings (SSSR count). The van der Waals surface area contributed by atoms with Gasteiger partial charge in [-0.15, -0.1) is 0 Å². The van der Waals surface area contributed by atoms with E-state index in [9.17, 15) is 19.3 Å². The summed E-state index contributed by atoms with van der Waals surface area (Å²) in [4.78, 5) is 33.5. The molecule has 0 fully saturated rings. The van der Waals surface area contributed by atoms with Gasteiger partial charge in [0.25, 0.3) is 0 Å². The van der Waals surface area contributed by atoms with E-state index < -0.39 is 27.0 Å². The van der Waals surface area contributed by atoms with Gasteiger partial charge in [-0.05, 0) is 42.7 Å². The van der Waals surface area contributed by atoms with Crippen LogP contribution in [0.5, 0.6) is 5.75 Å². The average Bonchev–Trinajstić information content (AvgIpc) is 2.79. The van der Waals surface area contributed by atoms with E-state index in [4.69, 9.17) is 27.9 Å². The van der Waals surface area contributed by atoms with Crippen LogP contribution in [0.1, 0.15) is 31.0 Å². The number of hydrogen-bond donors (Lipinski definition) is 0. The Morgan fingerprint density at radius 1 is 1.23 bits per heavy atom. The van der Waals surface area contributed by atoms with Crippen molar-refractivity contribution >= 4 is 39.9 Å². The van der Waals surface area contributed by atoms with Crippen molar-refractivity contribution in [2.24, 2.45) is 0 Å². The van der Waals surface area contributed by atoms with E-state index in [0.29, 0.717) is 16.9 Å². The Hall–Kier alpha value is -3.56. The molecule has 0 amide bonds. The van der Waals surface area contributed by atoms with Crippen molar-refractivity contribution < 1.29 is 14.1 Å². The number of halogens is 3. The van der Waals surface area contributed by atoms with Gasteiger partial charge >= 0.3 is 11.2 Å². The summed E-state index contributed by atoms with van der Waals surface area (Å²) in [5.74, 6) is -0.624. The minimum absolute atomic E-state index is 0.0140. The highest BCUT2D eigenvalue weighted by molar-refractivity contribution is 6.39. The zero-order valence-electron chi connectivity index (χ0n) is 19.1. The minimum atomic E-state index is -0.994. The normalized spacial score (nSPS) is 11.3. The minimum Gasteiger partial charge on any atom is -0.496 e. The Morgan fingerprint density at radius 2 is 1.94 bits per heavy atom. The molecule has 35 heavy (non-hydrogen) atoms. The number of nitro groups is 1. The van der Waals surface area contributed by atoms with Crippen LogP contribution >= 0.6 is 23.2 Å². The van der Waals surface area contributed by atoms with Crippen molar-refractivity contribution in [3.8, 4) is 22.7 Å². The molecule has 0 unspecified atom stereocenters. The average molecular weight is 517 g/mol. The number of aryl methyl sites for hydroxylation is 1. The Kier molecular flexibility index (Phi) is 6.48. The standard InChI is InChI=1S/C24H19Cl2FN4O4/c1-11(2)19-21(12(3)8-9-28-19)30-23-13(18(26)22(24(30)32)31(33)34)10-14(25)20(29-23)17-15(27)6-5-7-16(17)35-4/h5-11H,1-4H3. The van der Waals surface area contributed by atoms with E-state index in [2.05, 4.69) is 9.97 Å². The molecule has 0 aliphatic rings. The van der Waals surface area contributed by atoms with E-state index in [1.54, 1.807) is 25.3 Å². The van der Waals surface area contributed by atoms with Gasteiger partial charge in [-0.1, -0.05) is 43.1 Å². The van der Waals surface area contributed by atoms with Crippen molar-refractivity contribution in [2.45, 2.75) is 26.7 Å². The van der Waals surface area contributed by atoms with Crippen molar-refractivity contribution in [3.63, 3.8) is 0 Å². The van der Waals surface area contributed by atoms with Crippen LogP contribution < -0.4 is 10.3 Å². The van der Waals surface area contributed by atoms with Gasteiger partial charge in [0.15, 0.2) is 0 Å². The molecule has 0 radical (unpaired) electrons. The smallest absolute Gasteiger partial charge is 0.353 e. The van der Waals surface area contributed by atoms with E-state index >= 15 is 0 Å². The van der Waals surface area contributed by atoms with Crippen LogP contribution in [0.25, 0.3) is 28.0 Å². The van der Waals surface area contributed by atoms with Crippen molar-refractivity contribution in [1.82, 2.24) is 14.5 Å². The lowest BCUT2D eigenvalue weighted by atomic mass is 10.0. The van der Waals surface area contributed by atoms with Crippen LogP contribution in [-0.4, -0.2) is 26.6 Å². The van der Waals surface area contributed by atoms with Crippen LogP contribution in [0.3, 0.4) is 0 Å². The maximum atomic E-state index is 14.9. The van der Waals surface area contributed by atoms with Crippen LogP contribution in [0.4, 0.5) is 10.1 Å². The first kappa shape index (κ1) is 24.6. The molecule has 180 valence electrons. The first-order valence-corrected chi connectivity index (χ1v) is 11.2. The number of fused-ring (bicyclic) bond motifs is 1. The summed E-state index contributed by atoms with van der Waals surface area (Å²) in [5.41, 5.74) is -0.413. The number of methoxy groups -OCH3 is 1. The molecule has 0 saturated heterocycles. The molecule has 0 N–H and O–H groups in total. The van der Waals surface area contributed by atoms with E-state index in [0.717, 1.165) is 4.57 Å². The van der Waals surface area contributed by atoms with Gasteiger partial charge in [0.1, 0.15) is 22.2 Å². The largest absolute Gasteiger partial charge is 0.496 e. The SMILES string of the molecule is COc1cccc(F)c1-c1nc2c(cc1Cl)c(Cl)c([N+](=O)[O-])c(=O)n2-c1c(C)ccnc1C(C)C. The summed E-state index contributed by atoms with van der Waals surface area (Å²) in [6.45, 7) is 5.50. The molecule has 0 spiro atoms. The molecule has 0 aliphatic carbocycles. The highest BCUT2D eigenvalue weighted by atomic mass is 35.5. The highest BCUT2D eigenvalue weighted by Crippen LogP contribution is 2.40. The maximum absolute atomic E-state index is 14.9. The highest BCUT2D eigenvalue weighted by Gasteiger charge is 2.30. The lowest BCUT2D eigenvalue weighted by molar-refractivity contribution is -0.386. The fourth-order valence-electron chi connectivity index (χ4n) is 3.96. The van der Waals surface area contributed by atoms with Crippen molar-refractivity contribution in [3.05, 3.63) is 84.1 Å². The molecular weight excluding hydrogens is 498 g/mol. The summed E-state index contributed by atoms with van der Waals surface area (Å²) in [6.07, 6.45) is 1.59. The monoisotopic (exact) mass is 516 g/mol. The number of nitrogens with zero attached hydrogens (tertiary/aromatic N) is 4. The summed E-state index contributed by atoms with van der Waals surface area (Å²) < 4.78 is 21.3. The zero-order chi connectivity index (χ0) is 25.6. The quantitative estimate of drug-likeness (QED) is 0.229. The first-order chi connectivity index (χ1) is 16.6. The maximum Gasteiger partial charge on any atom is 0.353 e. The predicted octanol–water partition coefficient (Wildman–Crippen LogP) is 6.24. The van der Waals surface area contributed by atoms with Crippen LogP contribution in [0.15, 0.2) is 41.3 Å². The second kappa shape index (κ2) is 9.24. The fourth-order valence-corrected chi connectivity index (χ4v) is 4.50. The number of aromatic nitrogens is 3. The van der Waals surface area contributed by atoms with Gasteiger partial charge in [0.2, 0.25) is 0 Å². The van der Waals surface area contributed by atoms with E-state index in [1.807, 2.05) is 13.8 Å².